The molecule has 0 aromatic carbocycles. The fourth-order valence-electron chi connectivity index (χ4n) is 2.05. The Labute approximate surface area is 86.5 Å². The van der Waals surface area contributed by atoms with Crippen molar-refractivity contribution in [3.05, 3.63) is 0 Å². The van der Waals surface area contributed by atoms with Crippen LogP contribution in [-0.2, 0) is 10.0 Å². The van der Waals surface area contributed by atoms with E-state index in [-0.39, 0.29) is 6.04 Å². The average molecular weight is 220 g/mol. The molecule has 1 saturated heterocycles. The van der Waals surface area contributed by atoms with Crippen LogP contribution >= 0.6 is 0 Å². The van der Waals surface area contributed by atoms with Gasteiger partial charge in [0.2, 0.25) is 10.0 Å². The normalized spacial score (nSPS) is 27.5. The Hall–Kier alpha value is -0.130. The van der Waals surface area contributed by atoms with Crippen LogP contribution in [0.4, 0.5) is 0 Å². The van der Waals surface area contributed by atoms with Crippen LogP contribution in [-0.4, -0.2) is 38.1 Å². The van der Waals surface area contributed by atoms with Crippen LogP contribution in [0.15, 0.2) is 0 Å². The lowest BCUT2D eigenvalue weighted by atomic mass is 9.93. The molecule has 1 aliphatic rings. The maximum Gasteiger partial charge on any atom is 0.211 e. The van der Waals surface area contributed by atoms with Gasteiger partial charge >= 0.3 is 0 Å². The zero-order valence-corrected chi connectivity index (χ0v) is 9.76. The van der Waals surface area contributed by atoms with Crippen molar-refractivity contribution < 1.29 is 8.42 Å². The number of hydrogen-bond acceptors (Lipinski definition) is 3. The minimum absolute atomic E-state index is 0.166. The highest BCUT2D eigenvalue weighted by Crippen LogP contribution is 2.21. The van der Waals surface area contributed by atoms with Gasteiger partial charge in [-0.1, -0.05) is 0 Å². The number of rotatable bonds is 3. The maximum absolute atomic E-state index is 11.3. The largest absolute Gasteiger partial charge is 0.328 e. The highest BCUT2D eigenvalue weighted by atomic mass is 32.2. The third-order valence-electron chi connectivity index (χ3n) is 2.66. The average Bonchev–Trinajstić information content (AvgIpc) is 2.01. The Bertz CT molecular complexity index is 275. The fourth-order valence-corrected chi connectivity index (χ4v) is 2.99. The Morgan fingerprint density at radius 1 is 1.57 bits per heavy atom. The summed E-state index contributed by atoms with van der Waals surface area (Å²) in [4.78, 5) is 0. The Kier molecular flexibility index (Phi) is 3.92. The van der Waals surface area contributed by atoms with E-state index in [1.165, 1.54) is 6.26 Å². The summed E-state index contributed by atoms with van der Waals surface area (Å²) in [6.07, 6.45) is 4.27. The Balaban J connectivity index is 2.52. The summed E-state index contributed by atoms with van der Waals surface area (Å²) in [5.41, 5.74) is 5.71. The molecule has 0 aliphatic carbocycles. The summed E-state index contributed by atoms with van der Waals surface area (Å²) in [7, 11) is -3.00. The van der Waals surface area contributed by atoms with Gasteiger partial charge in [0.1, 0.15) is 0 Å². The highest BCUT2D eigenvalue weighted by Gasteiger charge is 2.25. The summed E-state index contributed by atoms with van der Waals surface area (Å²) < 4.78 is 24.2. The monoisotopic (exact) mass is 220 g/mol. The molecular formula is C9H20N2O2S. The third kappa shape index (κ3) is 3.55. The lowest BCUT2D eigenvalue weighted by Gasteiger charge is -2.31. The summed E-state index contributed by atoms with van der Waals surface area (Å²) in [5.74, 6) is 0.443. The van der Waals surface area contributed by atoms with Gasteiger partial charge in [-0.05, 0) is 32.1 Å². The van der Waals surface area contributed by atoms with Crippen LogP contribution in [0.5, 0.6) is 0 Å². The molecule has 84 valence electrons. The van der Waals surface area contributed by atoms with Gasteiger partial charge in [-0.3, -0.25) is 0 Å². The molecule has 1 rings (SSSR count). The zero-order valence-electron chi connectivity index (χ0n) is 8.94. The molecule has 0 saturated carbocycles. The van der Waals surface area contributed by atoms with Crippen molar-refractivity contribution in [2.45, 2.75) is 32.2 Å². The molecule has 2 atom stereocenters. The van der Waals surface area contributed by atoms with Gasteiger partial charge in [-0.25, -0.2) is 12.7 Å². The number of piperidine rings is 1. The standard InChI is InChI=1S/C9H20N2O2S/c1-8(10)6-9-4-3-5-11(7-9)14(2,12)13/h8-9H,3-7,10H2,1-2H3. The number of sulfonamides is 1. The van der Waals surface area contributed by atoms with Crippen molar-refractivity contribution in [2.24, 2.45) is 11.7 Å². The predicted octanol–water partition coefficient (Wildman–Crippen LogP) is 0.395. The van der Waals surface area contributed by atoms with Crippen molar-refractivity contribution in [3.63, 3.8) is 0 Å². The lowest BCUT2D eigenvalue weighted by Crippen LogP contribution is -2.40. The van der Waals surface area contributed by atoms with Crippen LogP contribution in [0.2, 0.25) is 0 Å². The summed E-state index contributed by atoms with van der Waals surface area (Å²) in [6.45, 7) is 3.30. The fraction of sp³-hybridized carbons (Fsp3) is 1.00. The van der Waals surface area contributed by atoms with Crippen LogP contribution in [0.1, 0.15) is 26.2 Å². The second-order valence-electron chi connectivity index (χ2n) is 4.34. The SMILES string of the molecule is CC(N)CC1CCCN(S(C)(=O)=O)C1. The lowest BCUT2D eigenvalue weighted by molar-refractivity contribution is 0.249. The molecule has 2 N–H and O–H groups in total. The van der Waals surface area contributed by atoms with E-state index in [1.54, 1.807) is 4.31 Å². The van der Waals surface area contributed by atoms with Gasteiger partial charge < -0.3 is 5.73 Å². The highest BCUT2D eigenvalue weighted by molar-refractivity contribution is 7.88. The molecule has 2 unspecified atom stereocenters. The van der Waals surface area contributed by atoms with Gasteiger partial charge in [0.05, 0.1) is 6.26 Å². The number of nitrogens with zero attached hydrogens (tertiary/aromatic N) is 1. The predicted molar refractivity (Wildman–Crippen MR) is 57.4 cm³/mol. The second-order valence-corrected chi connectivity index (χ2v) is 6.32. The van der Waals surface area contributed by atoms with Crippen molar-refractivity contribution in [2.75, 3.05) is 19.3 Å². The first-order chi connectivity index (χ1) is 6.39. The van der Waals surface area contributed by atoms with E-state index in [0.717, 1.165) is 19.3 Å². The van der Waals surface area contributed by atoms with Gasteiger partial charge in [0, 0.05) is 19.1 Å². The van der Waals surface area contributed by atoms with Crippen molar-refractivity contribution in [1.29, 1.82) is 0 Å². The summed E-state index contributed by atoms with van der Waals surface area (Å²) in [5, 5.41) is 0. The molecule has 14 heavy (non-hydrogen) atoms. The topological polar surface area (TPSA) is 63.4 Å². The van der Waals surface area contributed by atoms with E-state index in [0.29, 0.717) is 19.0 Å². The van der Waals surface area contributed by atoms with Crippen molar-refractivity contribution in [1.82, 2.24) is 4.31 Å². The van der Waals surface area contributed by atoms with E-state index >= 15 is 0 Å². The molecule has 0 aromatic heterocycles. The van der Waals surface area contributed by atoms with E-state index in [1.807, 2.05) is 6.92 Å². The molecule has 4 nitrogen and oxygen atoms in total. The van der Waals surface area contributed by atoms with Gasteiger partial charge in [-0.15, -0.1) is 0 Å². The van der Waals surface area contributed by atoms with Crippen LogP contribution in [0, 0.1) is 5.92 Å². The minimum atomic E-state index is -3.00. The van der Waals surface area contributed by atoms with E-state index in [2.05, 4.69) is 0 Å². The number of nitrogens with two attached hydrogens (primary N) is 1. The molecule has 1 aliphatic heterocycles. The van der Waals surface area contributed by atoms with E-state index < -0.39 is 10.0 Å². The first kappa shape index (κ1) is 11.9. The van der Waals surface area contributed by atoms with Crippen LogP contribution < -0.4 is 5.73 Å². The second kappa shape index (κ2) is 4.59. The minimum Gasteiger partial charge on any atom is -0.328 e. The van der Waals surface area contributed by atoms with Gasteiger partial charge in [0.25, 0.3) is 0 Å². The van der Waals surface area contributed by atoms with Crippen molar-refractivity contribution >= 4 is 10.0 Å². The van der Waals surface area contributed by atoms with Crippen molar-refractivity contribution in [3.8, 4) is 0 Å². The van der Waals surface area contributed by atoms with Crippen LogP contribution in [0.3, 0.4) is 0 Å². The molecule has 0 bridgehead atoms. The molecule has 0 spiro atoms. The summed E-state index contributed by atoms with van der Waals surface area (Å²) in [6, 6.07) is 0.166. The zero-order chi connectivity index (χ0) is 10.8. The first-order valence-corrected chi connectivity index (χ1v) is 6.95. The molecule has 5 heteroatoms. The first-order valence-electron chi connectivity index (χ1n) is 5.10. The number of hydrogen-bond donors (Lipinski definition) is 1. The van der Waals surface area contributed by atoms with Crippen LogP contribution in [0.25, 0.3) is 0 Å². The van der Waals surface area contributed by atoms with Gasteiger partial charge in [0.15, 0.2) is 0 Å². The maximum atomic E-state index is 11.3. The quantitative estimate of drug-likeness (QED) is 0.748. The molecule has 1 fully saturated rings. The molecule has 0 aromatic rings. The van der Waals surface area contributed by atoms with Gasteiger partial charge in [-0.2, -0.15) is 0 Å². The molecule has 0 radical (unpaired) electrons. The molecular weight excluding hydrogens is 200 g/mol. The smallest absolute Gasteiger partial charge is 0.211 e. The third-order valence-corrected chi connectivity index (χ3v) is 3.93. The molecule has 1 heterocycles. The van der Waals surface area contributed by atoms with E-state index in [4.69, 9.17) is 5.73 Å². The summed E-state index contributed by atoms with van der Waals surface area (Å²) >= 11 is 0. The Morgan fingerprint density at radius 2 is 2.21 bits per heavy atom. The Morgan fingerprint density at radius 3 is 2.71 bits per heavy atom. The molecule has 0 amide bonds. The van der Waals surface area contributed by atoms with E-state index in [9.17, 15) is 8.42 Å².